The molecule has 0 aliphatic rings. The van der Waals surface area contributed by atoms with Crippen molar-refractivity contribution in [2.24, 2.45) is 0 Å². The molecule has 3 rings (SSSR count). The first-order valence-electron chi connectivity index (χ1n) is 9.81. The monoisotopic (exact) mass is 574 g/mol. The number of nitrogens with one attached hydrogen (secondary N) is 2. The maximum Gasteiger partial charge on any atom is 0.333 e. The van der Waals surface area contributed by atoms with Crippen molar-refractivity contribution in [1.82, 2.24) is 24.1 Å². The third-order valence-corrected chi connectivity index (χ3v) is 6.65. The molecule has 0 spiro atoms. The van der Waals surface area contributed by atoms with Gasteiger partial charge in [0, 0.05) is 29.6 Å². The zero-order valence-corrected chi connectivity index (χ0v) is 21.0. The van der Waals surface area contributed by atoms with Gasteiger partial charge in [-0.05, 0) is 37.5 Å². The second-order valence-corrected chi connectivity index (χ2v) is 10.1. The van der Waals surface area contributed by atoms with Gasteiger partial charge >= 0.3 is 6.03 Å². The Morgan fingerprint density at radius 3 is 2.50 bits per heavy atom. The van der Waals surface area contributed by atoms with Gasteiger partial charge in [-0.3, -0.25) is 4.68 Å². The number of benzene rings is 1. The minimum Gasteiger partial charge on any atom is -0.334 e. The number of imidazole rings is 1. The van der Waals surface area contributed by atoms with Crippen molar-refractivity contribution in [3.8, 4) is 11.1 Å². The first-order valence-corrected chi connectivity index (χ1v) is 12.8. The van der Waals surface area contributed by atoms with E-state index in [0.29, 0.717) is 26.9 Å². The molecule has 2 amide bonds. The summed E-state index contributed by atoms with van der Waals surface area (Å²) in [6.07, 6.45) is 6.03. The number of carbonyl (C=O) groups is 1. The van der Waals surface area contributed by atoms with Crippen LogP contribution in [-0.2, 0) is 14.6 Å². The van der Waals surface area contributed by atoms with E-state index in [9.17, 15) is 17.6 Å². The van der Waals surface area contributed by atoms with Crippen LogP contribution in [-0.4, -0.2) is 33.8 Å². The summed E-state index contributed by atoms with van der Waals surface area (Å²) >= 11 is 2.14. The molecule has 3 aromatic rings. The van der Waals surface area contributed by atoms with Gasteiger partial charge in [-0.2, -0.15) is 13.5 Å². The molecule has 0 fully saturated rings. The van der Waals surface area contributed by atoms with Crippen molar-refractivity contribution in [1.29, 1.82) is 0 Å². The maximum absolute atomic E-state index is 14.4. The van der Waals surface area contributed by atoms with Crippen LogP contribution in [0.15, 0.2) is 42.1 Å². The number of alkyl halides is 1. The van der Waals surface area contributed by atoms with Crippen molar-refractivity contribution in [3.05, 3.63) is 48.4 Å². The van der Waals surface area contributed by atoms with Crippen LogP contribution in [0.25, 0.3) is 11.1 Å². The van der Waals surface area contributed by atoms with E-state index in [1.165, 1.54) is 24.7 Å². The largest absolute Gasteiger partial charge is 0.334 e. The maximum atomic E-state index is 14.4. The SMILES string of the molecule is CC(C)c1cc(F)cc(-c2cnn(CI)c2)c1NC(=O)NS(=O)(=O)c1cn(C(C)C)cn1. The quantitative estimate of drug-likeness (QED) is 0.319. The van der Waals surface area contributed by atoms with Gasteiger partial charge in [0.15, 0.2) is 5.03 Å². The van der Waals surface area contributed by atoms with Crippen molar-refractivity contribution in [2.45, 2.75) is 49.2 Å². The van der Waals surface area contributed by atoms with E-state index in [2.05, 4.69) is 38.0 Å². The molecular weight excluding hydrogens is 550 g/mol. The molecule has 2 N–H and O–H groups in total. The summed E-state index contributed by atoms with van der Waals surface area (Å²) in [5.41, 5.74) is 1.84. The standard InChI is InChI=1S/C20H24FIN6O3S/c1-12(2)16-5-15(21)6-17(14-7-24-28(8-14)10-22)19(16)25-20(29)26-32(30,31)18-9-27(11-23-18)13(3)4/h5-9,11-13H,10H2,1-4H3,(H2,25,26,29). The molecular formula is C20H24FIN6O3S. The van der Waals surface area contributed by atoms with Gasteiger partial charge in [0.2, 0.25) is 0 Å². The number of carbonyl (C=O) groups excluding carboxylic acids is 1. The van der Waals surface area contributed by atoms with Gasteiger partial charge in [0.1, 0.15) is 5.82 Å². The van der Waals surface area contributed by atoms with Crippen LogP contribution in [0.5, 0.6) is 0 Å². The second-order valence-electron chi connectivity index (χ2n) is 7.77. The fraction of sp³-hybridized carbons (Fsp3) is 0.350. The average Bonchev–Trinajstić information content (AvgIpc) is 3.38. The van der Waals surface area contributed by atoms with Gasteiger partial charge in [-0.15, -0.1) is 0 Å². The summed E-state index contributed by atoms with van der Waals surface area (Å²) in [5.74, 6) is -0.610. The lowest BCUT2D eigenvalue weighted by Crippen LogP contribution is -2.35. The number of rotatable bonds is 7. The van der Waals surface area contributed by atoms with Crippen LogP contribution in [0.4, 0.5) is 14.9 Å². The van der Waals surface area contributed by atoms with Crippen LogP contribution >= 0.6 is 22.6 Å². The number of urea groups is 1. The zero-order chi connectivity index (χ0) is 23.6. The Bertz CT molecular complexity index is 1240. The van der Waals surface area contributed by atoms with E-state index >= 15 is 0 Å². The topological polar surface area (TPSA) is 111 Å². The number of aromatic nitrogens is 4. The predicted molar refractivity (Wildman–Crippen MR) is 128 cm³/mol. The lowest BCUT2D eigenvalue weighted by molar-refractivity contribution is 0.256. The van der Waals surface area contributed by atoms with Crippen molar-refractivity contribution < 1.29 is 17.6 Å². The lowest BCUT2D eigenvalue weighted by atomic mass is 9.95. The van der Waals surface area contributed by atoms with E-state index in [4.69, 9.17) is 0 Å². The molecule has 2 heterocycles. The molecule has 9 nitrogen and oxygen atoms in total. The molecule has 0 radical (unpaired) electrons. The van der Waals surface area contributed by atoms with Crippen molar-refractivity contribution in [3.63, 3.8) is 0 Å². The van der Waals surface area contributed by atoms with E-state index in [0.717, 1.165) is 0 Å². The smallest absolute Gasteiger partial charge is 0.333 e. The fourth-order valence-corrected chi connectivity index (χ4v) is 4.29. The third-order valence-electron chi connectivity index (χ3n) is 4.74. The molecule has 172 valence electrons. The Morgan fingerprint density at radius 2 is 1.94 bits per heavy atom. The minimum atomic E-state index is -4.20. The molecule has 0 atom stereocenters. The molecule has 12 heteroatoms. The van der Waals surface area contributed by atoms with Crippen molar-refractivity contribution >= 4 is 44.3 Å². The summed E-state index contributed by atoms with van der Waals surface area (Å²) in [6, 6.07) is 1.65. The molecule has 2 aromatic heterocycles. The summed E-state index contributed by atoms with van der Waals surface area (Å²) in [5, 5.41) is 6.53. The van der Waals surface area contributed by atoms with Gasteiger partial charge in [-0.25, -0.2) is 18.9 Å². The Balaban J connectivity index is 1.95. The number of hydrogen-bond donors (Lipinski definition) is 2. The number of amides is 2. The molecule has 1 aromatic carbocycles. The Kier molecular flexibility index (Phi) is 7.22. The Morgan fingerprint density at radius 1 is 1.22 bits per heavy atom. The van der Waals surface area contributed by atoms with Crippen LogP contribution < -0.4 is 10.0 Å². The van der Waals surface area contributed by atoms with Crippen LogP contribution in [0, 0.1) is 5.82 Å². The highest BCUT2D eigenvalue weighted by atomic mass is 127. The summed E-state index contributed by atoms with van der Waals surface area (Å²) in [7, 11) is -4.20. The van der Waals surface area contributed by atoms with E-state index < -0.39 is 21.9 Å². The number of nitrogens with zero attached hydrogens (tertiary/aromatic N) is 4. The first kappa shape index (κ1) is 24.2. The van der Waals surface area contributed by atoms with E-state index in [-0.39, 0.29) is 17.0 Å². The minimum absolute atomic E-state index is 0.0131. The fourth-order valence-electron chi connectivity index (χ4n) is 3.07. The summed E-state index contributed by atoms with van der Waals surface area (Å²) in [4.78, 5) is 16.6. The Hall–Kier alpha value is -2.48. The van der Waals surface area contributed by atoms with E-state index in [1.807, 2.05) is 32.4 Å². The van der Waals surface area contributed by atoms with E-state index in [1.54, 1.807) is 21.6 Å². The zero-order valence-electron chi connectivity index (χ0n) is 18.0. The number of anilines is 1. The van der Waals surface area contributed by atoms with Gasteiger partial charge < -0.3 is 9.88 Å². The molecule has 0 aliphatic carbocycles. The average molecular weight is 574 g/mol. The molecule has 32 heavy (non-hydrogen) atoms. The Labute approximate surface area is 199 Å². The normalized spacial score (nSPS) is 11.9. The number of hydrogen-bond acceptors (Lipinski definition) is 5. The number of sulfonamides is 1. The molecule has 0 aliphatic heterocycles. The first-order chi connectivity index (χ1) is 15.0. The molecule has 0 unspecified atom stereocenters. The highest BCUT2D eigenvalue weighted by Crippen LogP contribution is 2.36. The van der Waals surface area contributed by atoms with Gasteiger partial charge in [0.05, 0.1) is 22.8 Å². The molecule has 0 bridgehead atoms. The number of halogens is 2. The highest BCUT2D eigenvalue weighted by molar-refractivity contribution is 14.1. The van der Waals surface area contributed by atoms with Crippen LogP contribution in [0.2, 0.25) is 0 Å². The van der Waals surface area contributed by atoms with Crippen LogP contribution in [0.1, 0.15) is 45.2 Å². The second kappa shape index (κ2) is 9.57. The molecule has 0 saturated heterocycles. The summed E-state index contributed by atoms with van der Waals surface area (Å²) in [6.45, 7) is 7.46. The highest BCUT2D eigenvalue weighted by Gasteiger charge is 2.24. The summed E-state index contributed by atoms with van der Waals surface area (Å²) < 4.78 is 45.5. The molecule has 0 saturated carbocycles. The predicted octanol–water partition coefficient (Wildman–Crippen LogP) is 4.49. The third kappa shape index (κ3) is 5.28. The van der Waals surface area contributed by atoms with Crippen molar-refractivity contribution in [2.75, 3.05) is 5.32 Å². The van der Waals surface area contributed by atoms with Crippen LogP contribution in [0.3, 0.4) is 0 Å². The lowest BCUT2D eigenvalue weighted by Gasteiger charge is -2.18. The van der Waals surface area contributed by atoms with Gasteiger partial charge in [-0.1, -0.05) is 36.4 Å². The van der Waals surface area contributed by atoms with Gasteiger partial charge in [0.25, 0.3) is 10.0 Å².